The summed E-state index contributed by atoms with van der Waals surface area (Å²) in [6.07, 6.45) is 2.62. The molecule has 1 aromatic rings. The van der Waals surface area contributed by atoms with Crippen LogP contribution >= 0.6 is 11.8 Å². The van der Waals surface area contributed by atoms with E-state index >= 15 is 0 Å². The number of thioether (sulfide) groups is 1. The Morgan fingerprint density at radius 1 is 1.33 bits per heavy atom. The zero-order chi connectivity index (χ0) is 12.6. The zero-order valence-electron chi connectivity index (χ0n) is 11.1. The molecule has 0 aromatic heterocycles. The third kappa shape index (κ3) is 2.26. The van der Waals surface area contributed by atoms with E-state index in [0.717, 1.165) is 5.75 Å². The van der Waals surface area contributed by atoms with E-state index in [1.54, 1.807) is 0 Å². The van der Waals surface area contributed by atoms with Crippen molar-refractivity contribution in [2.24, 2.45) is 0 Å². The second kappa shape index (κ2) is 4.78. The first-order chi connectivity index (χ1) is 8.67. The molecule has 18 heavy (non-hydrogen) atoms. The number of fused-ring (bicyclic) bond motifs is 1. The predicted octanol–water partition coefficient (Wildman–Crippen LogP) is 3.38. The minimum absolute atomic E-state index is 0.147. The lowest BCUT2D eigenvalue weighted by atomic mass is 9.93. The van der Waals surface area contributed by atoms with Crippen molar-refractivity contribution in [1.29, 1.82) is 0 Å². The fourth-order valence-electron chi connectivity index (χ4n) is 2.93. The van der Waals surface area contributed by atoms with Crippen LogP contribution in [-0.4, -0.2) is 23.1 Å². The van der Waals surface area contributed by atoms with Gasteiger partial charge in [0.15, 0.2) is 0 Å². The molecule has 0 saturated carbocycles. The van der Waals surface area contributed by atoms with Crippen LogP contribution in [0.4, 0.5) is 0 Å². The van der Waals surface area contributed by atoms with Gasteiger partial charge in [-0.25, -0.2) is 0 Å². The van der Waals surface area contributed by atoms with Crippen LogP contribution in [0, 0.1) is 0 Å². The van der Waals surface area contributed by atoms with Crippen LogP contribution in [0.2, 0.25) is 0 Å². The van der Waals surface area contributed by atoms with E-state index in [0.29, 0.717) is 12.1 Å². The average Bonchev–Trinajstić information content (AvgIpc) is 2.62. The van der Waals surface area contributed by atoms with Crippen LogP contribution in [0.5, 0.6) is 5.75 Å². The van der Waals surface area contributed by atoms with Crippen LogP contribution in [-0.2, 0) is 0 Å². The van der Waals surface area contributed by atoms with Gasteiger partial charge in [-0.3, -0.25) is 0 Å². The molecule has 2 heterocycles. The molecule has 2 nitrogen and oxygen atoms in total. The van der Waals surface area contributed by atoms with Crippen molar-refractivity contribution in [1.82, 2.24) is 5.32 Å². The molecule has 0 bridgehead atoms. The zero-order valence-corrected chi connectivity index (χ0v) is 11.9. The van der Waals surface area contributed by atoms with Gasteiger partial charge in [-0.1, -0.05) is 18.2 Å². The minimum Gasteiger partial charge on any atom is -0.486 e. The number of rotatable bonds is 2. The number of benzene rings is 1. The maximum atomic E-state index is 6.08. The highest BCUT2D eigenvalue weighted by molar-refractivity contribution is 7.99. The van der Waals surface area contributed by atoms with Crippen molar-refractivity contribution in [3.8, 4) is 5.75 Å². The standard InChI is InChI=1S/C15H21NOS/c1-15(2)14(16-11-6-5-9-18-10-11)12-7-3-4-8-13(12)17-15/h3-4,7-8,11,14,16H,5-6,9-10H2,1-2H3. The van der Waals surface area contributed by atoms with Gasteiger partial charge < -0.3 is 10.1 Å². The first-order valence-corrected chi connectivity index (χ1v) is 7.94. The molecule has 0 spiro atoms. The topological polar surface area (TPSA) is 21.3 Å². The van der Waals surface area contributed by atoms with Crippen molar-refractivity contribution in [2.75, 3.05) is 11.5 Å². The van der Waals surface area contributed by atoms with Crippen LogP contribution in [0.25, 0.3) is 0 Å². The molecule has 1 aromatic carbocycles. The molecule has 2 aliphatic heterocycles. The number of nitrogens with one attached hydrogen (secondary N) is 1. The van der Waals surface area contributed by atoms with E-state index in [2.05, 4.69) is 49.1 Å². The molecule has 1 N–H and O–H groups in total. The third-order valence-corrected chi connectivity index (χ3v) is 5.08. The molecular weight excluding hydrogens is 242 g/mol. The van der Waals surface area contributed by atoms with Crippen LogP contribution in [0.15, 0.2) is 24.3 Å². The van der Waals surface area contributed by atoms with Crippen LogP contribution in [0.3, 0.4) is 0 Å². The largest absolute Gasteiger partial charge is 0.486 e. The second-order valence-electron chi connectivity index (χ2n) is 5.76. The molecular formula is C15H21NOS. The van der Waals surface area contributed by atoms with Crippen molar-refractivity contribution < 1.29 is 4.74 Å². The molecule has 0 aliphatic carbocycles. The van der Waals surface area contributed by atoms with E-state index in [1.807, 2.05) is 6.07 Å². The number of ether oxygens (including phenoxy) is 1. The van der Waals surface area contributed by atoms with Gasteiger partial charge in [0.05, 0.1) is 6.04 Å². The van der Waals surface area contributed by atoms with Crippen molar-refractivity contribution in [3.63, 3.8) is 0 Å². The van der Waals surface area contributed by atoms with Gasteiger partial charge in [-0.05, 0) is 38.5 Å². The molecule has 2 atom stereocenters. The first kappa shape index (κ1) is 12.4. The van der Waals surface area contributed by atoms with E-state index in [1.165, 1.54) is 29.9 Å². The Hall–Kier alpha value is -0.670. The smallest absolute Gasteiger partial charge is 0.125 e. The Labute approximate surface area is 113 Å². The Bertz CT molecular complexity index is 426. The van der Waals surface area contributed by atoms with Crippen LogP contribution in [0.1, 0.15) is 38.3 Å². The highest BCUT2D eigenvalue weighted by atomic mass is 32.2. The van der Waals surface area contributed by atoms with Crippen LogP contribution < -0.4 is 10.1 Å². The fraction of sp³-hybridized carbons (Fsp3) is 0.600. The SMILES string of the molecule is CC1(C)Oc2ccccc2C1NC1CCCSC1. The first-order valence-electron chi connectivity index (χ1n) is 6.78. The summed E-state index contributed by atoms with van der Waals surface area (Å²) in [7, 11) is 0. The maximum Gasteiger partial charge on any atom is 0.125 e. The average molecular weight is 263 g/mol. The molecule has 2 unspecified atom stereocenters. The fourth-order valence-corrected chi connectivity index (χ4v) is 4.01. The van der Waals surface area contributed by atoms with Gasteiger partial charge in [0.25, 0.3) is 0 Å². The highest BCUT2D eigenvalue weighted by Crippen LogP contribution is 2.43. The summed E-state index contributed by atoms with van der Waals surface area (Å²) in [4.78, 5) is 0. The lowest BCUT2D eigenvalue weighted by Crippen LogP contribution is -2.45. The van der Waals surface area contributed by atoms with Crippen molar-refractivity contribution >= 4 is 11.8 Å². The lowest BCUT2D eigenvalue weighted by molar-refractivity contribution is 0.0914. The Morgan fingerprint density at radius 2 is 2.17 bits per heavy atom. The summed E-state index contributed by atoms with van der Waals surface area (Å²) in [6, 6.07) is 9.37. The third-order valence-electron chi connectivity index (χ3n) is 3.86. The summed E-state index contributed by atoms with van der Waals surface area (Å²) >= 11 is 2.06. The van der Waals surface area contributed by atoms with Crippen molar-refractivity contribution in [3.05, 3.63) is 29.8 Å². The molecule has 3 heteroatoms. The summed E-state index contributed by atoms with van der Waals surface area (Å²) in [6.45, 7) is 4.36. The quantitative estimate of drug-likeness (QED) is 0.884. The Kier molecular flexibility index (Phi) is 3.29. The predicted molar refractivity (Wildman–Crippen MR) is 77.4 cm³/mol. The number of hydrogen-bond acceptors (Lipinski definition) is 3. The summed E-state index contributed by atoms with van der Waals surface area (Å²) in [5, 5.41) is 3.82. The van der Waals surface area contributed by atoms with Gasteiger partial charge in [-0.2, -0.15) is 11.8 Å². The second-order valence-corrected chi connectivity index (χ2v) is 6.91. The van der Waals surface area contributed by atoms with Crippen molar-refractivity contribution in [2.45, 2.75) is 44.4 Å². The normalized spacial score (nSPS) is 29.7. The van der Waals surface area contributed by atoms with E-state index in [9.17, 15) is 0 Å². The minimum atomic E-state index is -0.147. The van der Waals surface area contributed by atoms with Gasteiger partial charge in [0.2, 0.25) is 0 Å². The molecule has 3 rings (SSSR count). The summed E-state index contributed by atoms with van der Waals surface area (Å²) in [5.41, 5.74) is 1.17. The van der Waals surface area contributed by atoms with E-state index in [4.69, 9.17) is 4.74 Å². The Morgan fingerprint density at radius 3 is 2.94 bits per heavy atom. The molecule has 1 fully saturated rings. The Balaban J connectivity index is 1.81. The summed E-state index contributed by atoms with van der Waals surface area (Å²) < 4.78 is 6.08. The number of para-hydroxylation sites is 1. The lowest BCUT2D eigenvalue weighted by Gasteiger charge is -2.32. The van der Waals surface area contributed by atoms with Gasteiger partial charge >= 0.3 is 0 Å². The van der Waals surface area contributed by atoms with E-state index < -0.39 is 0 Å². The number of hydrogen-bond donors (Lipinski definition) is 1. The monoisotopic (exact) mass is 263 g/mol. The maximum absolute atomic E-state index is 6.08. The molecule has 0 amide bonds. The van der Waals surface area contributed by atoms with Gasteiger partial charge in [0, 0.05) is 17.4 Å². The van der Waals surface area contributed by atoms with Gasteiger partial charge in [-0.15, -0.1) is 0 Å². The molecule has 0 radical (unpaired) electrons. The highest BCUT2D eigenvalue weighted by Gasteiger charge is 2.41. The molecule has 1 saturated heterocycles. The molecule has 98 valence electrons. The summed E-state index contributed by atoms with van der Waals surface area (Å²) in [5.74, 6) is 3.59. The molecule has 2 aliphatic rings. The van der Waals surface area contributed by atoms with E-state index in [-0.39, 0.29) is 5.60 Å². The van der Waals surface area contributed by atoms with Gasteiger partial charge in [0.1, 0.15) is 11.4 Å².